The molecular weight excluding hydrogens is 138 g/mol. The Morgan fingerprint density at radius 3 is 2.45 bits per heavy atom. The third-order valence-electron chi connectivity index (χ3n) is 1.74. The van der Waals surface area contributed by atoms with E-state index in [-0.39, 0.29) is 5.41 Å². The van der Waals surface area contributed by atoms with Crippen LogP contribution in [0.3, 0.4) is 0 Å². The van der Waals surface area contributed by atoms with Crippen LogP contribution in [0.25, 0.3) is 0 Å². The van der Waals surface area contributed by atoms with Crippen molar-refractivity contribution < 1.29 is 5.11 Å². The molecule has 1 atom stereocenters. The van der Waals surface area contributed by atoms with Crippen molar-refractivity contribution in [2.45, 2.75) is 26.9 Å². The van der Waals surface area contributed by atoms with Crippen LogP contribution in [-0.2, 0) is 0 Å². The van der Waals surface area contributed by atoms with Crippen molar-refractivity contribution in [2.24, 2.45) is 5.41 Å². The van der Waals surface area contributed by atoms with Gasteiger partial charge in [-0.2, -0.15) is 0 Å². The van der Waals surface area contributed by atoms with Gasteiger partial charge in [-0.1, -0.05) is 20.8 Å². The number of hydrogen-bond donors (Lipinski definition) is 2. The summed E-state index contributed by atoms with van der Waals surface area (Å²) in [6.45, 7) is 6.04. The fourth-order valence-electron chi connectivity index (χ4n) is 0.981. The molecule has 0 bridgehead atoms. The van der Waals surface area contributed by atoms with Crippen LogP contribution in [0.15, 0.2) is 18.3 Å². The van der Waals surface area contributed by atoms with Gasteiger partial charge >= 0.3 is 0 Å². The Hall–Kier alpha value is -0.760. The predicted molar refractivity (Wildman–Crippen MR) is 45.2 cm³/mol. The first-order chi connectivity index (χ1) is 5.02. The molecule has 1 heterocycles. The maximum atomic E-state index is 9.71. The van der Waals surface area contributed by atoms with Gasteiger partial charge in [-0.15, -0.1) is 0 Å². The Kier molecular flexibility index (Phi) is 2.05. The first-order valence-corrected chi connectivity index (χ1v) is 3.83. The monoisotopic (exact) mass is 153 g/mol. The molecule has 2 heteroatoms. The summed E-state index contributed by atoms with van der Waals surface area (Å²) < 4.78 is 0. The second kappa shape index (κ2) is 2.70. The summed E-state index contributed by atoms with van der Waals surface area (Å²) in [5.41, 5.74) is 0.794. The molecule has 0 radical (unpaired) electrons. The van der Waals surface area contributed by atoms with Gasteiger partial charge in [0.2, 0.25) is 0 Å². The third-order valence-corrected chi connectivity index (χ3v) is 1.74. The molecule has 62 valence electrons. The molecule has 1 rings (SSSR count). The zero-order valence-electron chi connectivity index (χ0n) is 7.26. The highest BCUT2D eigenvalue weighted by molar-refractivity contribution is 5.09. The van der Waals surface area contributed by atoms with E-state index in [2.05, 4.69) is 4.98 Å². The van der Waals surface area contributed by atoms with Crippen LogP contribution in [0.5, 0.6) is 0 Å². The Balaban J connectivity index is 2.78. The molecule has 0 spiro atoms. The van der Waals surface area contributed by atoms with Gasteiger partial charge in [0.25, 0.3) is 0 Å². The lowest BCUT2D eigenvalue weighted by Gasteiger charge is -2.24. The largest absolute Gasteiger partial charge is 0.386 e. The van der Waals surface area contributed by atoms with E-state index in [0.29, 0.717) is 0 Å². The van der Waals surface area contributed by atoms with Crippen molar-refractivity contribution in [1.82, 2.24) is 4.98 Å². The summed E-state index contributed by atoms with van der Waals surface area (Å²) in [4.78, 5) is 2.99. The van der Waals surface area contributed by atoms with Gasteiger partial charge in [0.05, 0.1) is 6.10 Å². The highest BCUT2D eigenvalue weighted by Gasteiger charge is 2.23. The van der Waals surface area contributed by atoms with E-state index in [0.717, 1.165) is 5.69 Å². The van der Waals surface area contributed by atoms with Crippen LogP contribution in [0, 0.1) is 5.41 Å². The molecule has 1 aromatic rings. The van der Waals surface area contributed by atoms with Crippen molar-refractivity contribution in [2.75, 3.05) is 0 Å². The molecule has 1 unspecified atom stereocenters. The number of nitrogens with one attached hydrogen (secondary N) is 1. The fourth-order valence-corrected chi connectivity index (χ4v) is 0.981. The van der Waals surface area contributed by atoms with Crippen LogP contribution < -0.4 is 0 Å². The van der Waals surface area contributed by atoms with Gasteiger partial charge in [0.1, 0.15) is 0 Å². The molecule has 0 amide bonds. The smallest absolute Gasteiger partial charge is 0.0985 e. The minimum absolute atomic E-state index is 0.0924. The first-order valence-electron chi connectivity index (χ1n) is 3.83. The lowest BCUT2D eigenvalue weighted by molar-refractivity contribution is 0.0594. The molecule has 2 nitrogen and oxygen atoms in total. The lowest BCUT2D eigenvalue weighted by atomic mass is 9.87. The topological polar surface area (TPSA) is 36.0 Å². The van der Waals surface area contributed by atoms with Crippen molar-refractivity contribution in [3.05, 3.63) is 24.0 Å². The average Bonchev–Trinajstić information content (AvgIpc) is 2.34. The molecule has 11 heavy (non-hydrogen) atoms. The molecule has 0 saturated heterocycles. The van der Waals surface area contributed by atoms with Gasteiger partial charge in [-0.05, 0) is 17.5 Å². The van der Waals surface area contributed by atoms with E-state index in [1.54, 1.807) is 0 Å². The van der Waals surface area contributed by atoms with Crippen molar-refractivity contribution in [1.29, 1.82) is 0 Å². The molecular formula is C9H15NO. The number of H-pyrrole nitrogens is 1. The van der Waals surface area contributed by atoms with Crippen LogP contribution in [0.1, 0.15) is 32.6 Å². The van der Waals surface area contributed by atoms with Crippen molar-refractivity contribution >= 4 is 0 Å². The number of aromatic amines is 1. The SMILES string of the molecule is CC(C)(C)C(O)c1ccc[nH]1. The number of aliphatic hydroxyl groups excluding tert-OH is 1. The van der Waals surface area contributed by atoms with E-state index >= 15 is 0 Å². The summed E-state index contributed by atoms with van der Waals surface area (Å²) in [5, 5.41) is 9.71. The molecule has 0 saturated carbocycles. The normalized spacial score (nSPS) is 14.9. The summed E-state index contributed by atoms with van der Waals surface area (Å²) in [5.74, 6) is 0. The predicted octanol–water partition coefficient (Wildman–Crippen LogP) is 2.09. The van der Waals surface area contributed by atoms with Gasteiger partial charge < -0.3 is 10.1 Å². The van der Waals surface area contributed by atoms with E-state index < -0.39 is 6.10 Å². The van der Waals surface area contributed by atoms with E-state index in [9.17, 15) is 5.11 Å². The van der Waals surface area contributed by atoms with Crippen LogP contribution in [0.2, 0.25) is 0 Å². The zero-order valence-corrected chi connectivity index (χ0v) is 7.26. The molecule has 0 aliphatic carbocycles. The van der Waals surface area contributed by atoms with Gasteiger partial charge in [0, 0.05) is 11.9 Å². The second-order valence-corrected chi connectivity index (χ2v) is 3.89. The molecule has 0 aliphatic rings. The highest BCUT2D eigenvalue weighted by atomic mass is 16.3. The standard InChI is InChI=1S/C9H15NO/c1-9(2,3)8(11)7-5-4-6-10-7/h4-6,8,10-11H,1-3H3. The molecule has 2 N–H and O–H groups in total. The number of rotatable bonds is 1. The molecule has 1 aromatic heterocycles. The summed E-state index contributed by atoms with van der Waals surface area (Å²) in [7, 11) is 0. The quantitative estimate of drug-likeness (QED) is 0.636. The van der Waals surface area contributed by atoms with Gasteiger partial charge in [-0.3, -0.25) is 0 Å². The summed E-state index contributed by atoms with van der Waals surface area (Å²) in [6, 6.07) is 3.79. The van der Waals surface area contributed by atoms with Crippen LogP contribution in [0.4, 0.5) is 0 Å². The van der Waals surface area contributed by atoms with Crippen molar-refractivity contribution in [3.63, 3.8) is 0 Å². The lowest BCUT2D eigenvalue weighted by Crippen LogP contribution is -2.17. The summed E-state index contributed by atoms with van der Waals surface area (Å²) in [6.07, 6.45) is 1.42. The third kappa shape index (κ3) is 1.84. The van der Waals surface area contributed by atoms with Crippen LogP contribution >= 0.6 is 0 Å². The molecule has 0 fully saturated rings. The van der Waals surface area contributed by atoms with Gasteiger partial charge in [0.15, 0.2) is 0 Å². The Labute approximate surface area is 67.3 Å². The fraction of sp³-hybridized carbons (Fsp3) is 0.556. The van der Waals surface area contributed by atoms with E-state index in [4.69, 9.17) is 0 Å². The van der Waals surface area contributed by atoms with E-state index in [1.807, 2.05) is 39.1 Å². The maximum Gasteiger partial charge on any atom is 0.0985 e. The maximum absolute atomic E-state index is 9.71. The molecule has 0 aromatic carbocycles. The van der Waals surface area contributed by atoms with Crippen molar-refractivity contribution in [3.8, 4) is 0 Å². The number of hydrogen-bond acceptors (Lipinski definition) is 1. The first kappa shape index (κ1) is 8.34. The minimum Gasteiger partial charge on any atom is -0.386 e. The van der Waals surface area contributed by atoms with Crippen LogP contribution in [-0.4, -0.2) is 10.1 Å². The van der Waals surface area contributed by atoms with Gasteiger partial charge in [-0.25, -0.2) is 0 Å². The Morgan fingerprint density at radius 1 is 1.45 bits per heavy atom. The average molecular weight is 153 g/mol. The van der Waals surface area contributed by atoms with E-state index in [1.165, 1.54) is 0 Å². The number of aliphatic hydroxyl groups is 1. The Bertz CT molecular complexity index is 208. The second-order valence-electron chi connectivity index (χ2n) is 3.89. The minimum atomic E-state index is -0.405. The highest BCUT2D eigenvalue weighted by Crippen LogP contribution is 2.30. The summed E-state index contributed by atoms with van der Waals surface area (Å²) >= 11 is 0. The molecule has 0 aliphatic heterocycles. The Morgan fingerprint density at radius 2 is 2.09 bits per heavy atom. The zero-order chi connectivity index (χ0) is 8.48. The number of aromatic nitrogens is 1.